The molecule has 12 nitrogen and oxygen atoms in total. The first-order chi connectivity index (χ1) is 26.8. The fourth-order valence-corrected chi connectivity index (χ4v) is 6.84. The fourth-order valence-electron chi connectivity index (χ4n) is 6.09. The average molecular weight is 808 g/mol. The van der Waals surface area contributed by atoms with Gasteiger partial charge in [-0.3, -0.25) is 23.4 Å². The molecule has 2 unspecified atom stereocenters. The number of carbonyl (C=O) groups excluding carboxylic acids is 3. The lowest BCUT2D eigenvalue weighted by Gasteiger charge is -2.24. The SMILES string of the molecule is CCCCCCCCCCCCCCCCCC(=O)OCC(COP(=O)(O)OCC[N+](C)(C)C)OC(=O)CCCCNC(=O)c1ccc2cc(OC)ccc2c1. The van der Waals surface area contributed by atoms with E-state index in [9.17, 15) is 23.8 Å². The van der Waals surface area contributed by atoms with E-state index >= 15 is 0 Å². The van der Waals surface area contributed by atoms with Gasteiger partial charge in [0.2, 0.25) is 0 Å². The molecule has 0 aliphatic heterocycles. The first-order valence-corrected chi connectivity index (χ1v) is 22.4. The Bertz CT molecular complexity index is 1460. The van der Waals surface area contributed by atoms with Crippen molar-refractivity contribution in [3.8, 4) is 5.75 Å². The minimum atomic E-state index is -4.44. The van der Waals surface area contributed by atoms with Gasteiger partial charge in [-0.15, -0.1) is 0 Å². The summed E-state index contributed by atoms with van der Waals surface area (Å²) in [6.07, 6.45) is 18.6. The third-order valence-electron chi connectivity index (χ3n) is 9.56. The van der Waals surface area contributed by atoms with Gasteiger partial charge in [0.25, 0.3) is 5.91 Å². The maximum absolute atomic E-state index is 12.7. The van der Waals surface area contributed by atoms with Gasteiger partial charge in [0, 0.05) is 24.9 Å². The lowest BCUT2D eigenvalue weighted by molar-refractivity contribution is -0.870. The van der Waals surface area contributed by atoms with Crippen LogP contribution >= 0.6 is 7.82 Å². The Kier molecular flexibility index (Phi) is 24.9. The highest BCUT2D eigenvalue weighted by Gasteiger charge is 2.27. The van der Waals surface area contributed by atoms with Crippen molar-refractivity contribution in [1.29, 1.82) is 0 Å². The van der Waals surface area contributed by atoms with Crippen molar-refractivity contribution in [1.82, 2.24) is 5.32 Å². The molecular weight excluding hydrogens is 735 g/mol. The van der Waals surface area contributed by atoms with Crippen molar-refractivity contribution in [2.75, 3.05) is 61.2 Å². The number of ether oxygens (including phenoxy) is 3. The lowest BCUT2D eigenvalue weighted by atomic mass is 10.0. The molecule has 0 heterocycles. The van der Waals surface area contributed by atoms with E-state index < -0.39 is 32.5 Å². The van der Waals surface area contributed by atoms with Crippen molar-refractivity contribution in [2.45, 2.75) is 135 Å². The van der Waals surface area contributed by atoms with Crippen molar-refractivity contribution in [3.05, 3.63) is 42.0 Å². The van der Waals surface area contributed by atoms with Crippen LogP contribution < -0.4 is 10.1 Å². The van der Waals surface area contributed by atoms with Gasteiger partial charge in [-0.25, -0.2) is 4.57 Å². The van der Waals surface area contributed by atoms with Crippen LogP contribution in [0.4, 0.5) is 0 Å². The quantitative estimate of drug-likeness (QED) is 0.0310. The molecule has 0 saturated carbocycles. The third-order valence-corrected chi connectivity index (χ3v) is 10.5. The number of carbonyl (C=O) groups is 3. The average Bonchev–Trinajstić information content (AvgIpc) is 3.16. The zero-order chi connectivity index (χ0) is 41.1. The molecule has 0 spiro atoms. The van der Waals surface area contributed by atoms with Gasteiger partial charge in [0.15, 0.2) is 6.10 Å². The number of likely N-dealkylation sites (N-methyl/N-ethyl adjacent to an activating group) is 1. The topological polar surface area (TPSA) is 147 Å². The number of phosphoric ester groups is 1. The molecule has 2 aromatic carbocycles. The summed E-state index contributed by atoms with van der Waals surface area (Å²) < 4.78 is 39.4. The second kappa shape index (κ2) is 28.4. The molecule has 0 aliphatic rings. The normalized spacial score (nSPS) is 13.2. The standard InChI is InChI=1S/C43H71N2O10P/c1-6-7-8-9-10-11-12-13-14-15-16-17-18-19-20-23-41(46)52-34-40(35-54-56(49,50)53-31-30-45(2,3)4)55-42(47)24-21-22-29-44-43(48)38-26-25-37-33-39(51-5)28-27-36(37)32-38/h25-28,32-33,40H,6-24,29-31,34-35H2,1-5H3,(H-,44,48,49,50)/p+1. The Morgan fingerprint density at radius 1 is 0.714 bits per heavy atom. The number of amides is 1. The Hall–Kier alpha value is -3.02. The van der Waals surface area contributed by atoms with Crippen LogP contribution in [0.2, 0.25) is 0 Å². The van der Waals surface area contributed by atoms with Crippen molar-refractivity contribution in [3.63, 3.8) is 0 Å². The summed E-state index contributed by atoms with van der Waals surface area (Å²) in [5, 5.41) is 4.76. The van der Waals surface area contributed by atoms with Crippen molar-refractivity contribution < 1.29 is 51.6 Å². The molecule has 1 amide bonds. The van der Waals surface area contributed by atoms with E-state index in [0.717, 1.165) is 35.8 Å². The number of hydrogen-bond donors (Lipinski definition) is 2. The summed E-state index contributed by atoms with van der Waals surface area (Å²) in [7, 11) is 2.94. The number of unbranched alkanes of at least 4 members (excludes halogenated alkanes) is 15. The van der Waals surface area contributed by atoms with E-state index in [1.165, 1.54) is 70.6 Å². The number of benzene rings is 2. The number of methoxy groups -OCH3 is 1. The smallest absolute Gasteiger partial charge is 0.472 e. The number of nitrogens with zero attached hydrogens (tertiary/aromatic N) is 1. The molecule has 0 radical (unpaired) electrons. The summed E-state index contributed by atoms with van der Waals surface area (Å²) in [6.45, 7) is 2.28. The van der Waals surface area contributed by atoms with E-state index in [-0.39, 0.29) is 32.0 Å². The van der Waals surface area contributed by atoms with Crippen LogP contribution in [-0.2, 0) is 32.7 Å². The van der Waals surface area contributed by atoms with Gasteiger partial charge in [-0.05, 0) is 54.3 Å². The highest BCUT2D eigenvalue weighted by molar-refractivity contribution is 7.47. The first-order valence-electron chi connectivity index (χ1n) is 21.0. The van der Waals surface area contributed by atoms with Crippen LogP contribution in [0, 0.1) is 0 Å². The lowest BCUT2D eigenvalue weighted by Crippen LogP contribution is -2.37. The largest absolute Gasteiger partial charge is 0.497 e. The number of hydrogen-bond acceptors (Lipinski definition) is 9. The Morgan fingerprint density at radius 2 is 1.27 bits per heavy atom. The highest BCUT2D eigenvalue weighted by atomic mass is 31.2. The van der Waals surface area contributed by atoms with Gasteiger partial charge < -0.3 is 28.9 Å². The molecule has 0 bridgehead atoms. The zero-order valence-corrected chi connectivity index (χ0v) is 35.9. The number of phosphoric acid groups is 1. The molecule has 318 valence electrons. The van der Waals surface area contributed by atoms with E-state index in [1.807, 2.05) is 51.5 Å². The molecule has 0 aromatic heterocycles. The minimum Gasteiger partial charge on any atom is -0.497 e. The summed E-state index contributed by atoms with van der Waals surface area (Å²) in [5.41, 5.74) is 0.529. The van der Waals surface area contributed by atoms with Gasteiger partial charge in [0.1, 0.15) is 25.5 Å². The maximum atomic E-state index is 12.7. The Morgan fingerprint density at radius 3 is 1.88 bits per heavy atom. The van der Waals surface area contributed by atoms with E-state index in [1.54, 1.807) is 13.2 Å². The molecule has 2 N–H and O–H groups in total. The fraction of sp³-hybridized carbons (Fsp3) is 0.698. The van der Waals surface area contributed by atoms with Gasteiger partial charge in [-0.1, -0.05) is 109 Å². The molecule has 0 saturated heterocycles. The summed E-state index contributed by atoms with van der Waals surface area (Å²) >= 11 is 0. The zero-order valence-electron chi connectivity index (χ0n) is 35.0. The highest BCUT2D eigenvalue weighted by Crippen LogP contribution is 2.43. The molecule has 2 aromatic rings. The summed E-state index contributed by atoms with van der Waals surface area (Å²) in [6, 6.07) is 11.1. The van der Waals surface area contributed by atoms with E-state index in [4.69, 9.17) is 23.3 Å². The predicted octanol–water partition coefficient (Wildman–Crippen LogP) is 9.30. The van der Waals surface area contributed by atoms with Crippen LogP contribution in [0.25, 0.3) is 10.8 Å². The number of quaternary nitrogens is 1. The second-order valence-corrected chi connectivity index (χ2v) is 17.2. The first kappa shape index (κ1) is 49.1. The van der Waals surface area contributed by atoms with Gasteiger partial charge >= 0.3 is 19.8 Å². The Labute approximate surface area is 336 Å². The number of nitrogens with one attached hydrogen (secondary N) is 1. The molecular formula is C43H72N2O10P+. The van der Waals surface area contributed by atoms with Crippen LogP contribution in [-0.4, -0.2) is 94.5 Å². The molecule has 0 fully saturated rings. The third kappa shape index (κ3) is 23.9. The second-order valence-electron chi connectivity index (χ2n) is 15.7. The van der Waals surface area contributed by atoms with E-state index in [2.05, 4.69) is 12.2 Å². The minimum absolute atomic E-state index is 0.0113. The number of fused-ring (bicyclic) bond motifs is 1. The number of esters is 2. The van der Waals surface area contributed by atoms with Crippen LogP contribution in [0.1, 0.15) is 139 Å². The molecule has 56 heavy (non-hydrogen) atoms. The van der Waals surface area contributed by atoms with Crippen LogP contribution in [0.5, 0.6) is 5.75 Å². The van der Waals surface area contributed by atoms with Crippen LogP contribution in [0.3, 0.4) is 0 Å². The molecule has 2 rings (SSSR count). The Balaban J connectivity index is 1.70. The van der Waals surface area contributed by atoms with Gasteiger partial charge in [-0.2, -0.15) is 0 Å². The molecule has 0 aliphatic carbocycles. The summed E-state index contributed by atoms with van der Waals surface area (Å²) in [5.74, 6) is -0.473. The van der Waals surface area contributed by atoms with Crippen molar-refractivity contribution in [2.24, 2.45) is 0 Å². The van der Waals surface area contributed by atoms with Crippen molar-refractivity contribution >= 4 is 36.4 Å². The van der Waals surface area contributed by atoms with Gasteiger partial charge in [0.05, 0.1) is 34.9 Å². The molecule has 2 atom stereocenters. The summed E-state index contributed by atoms with van der Waals surface area (Å²) in [4.78, 5) is 48.2. The maximum Gasteiger partial charge on any atom is 0.472 e. The number of rotatable bonds is 33. The predicted molar refractivity (Wildman–Crippen MR) is 222 cm³/mol. The molecule has 13 heteroatoms. The van der Waals surface area contributed by atoms with E-state index in [0.29, 0.717) is 42.4 Å². The van der Waals surface area contributed by atoms with Crippen LogP contribution in [0.15, 0.2) is 36.4 Å². The monoisotopic (exact) mass is 807 g/mol.